The normalized spacial score (nSPS) is 8.92. The fourth-order valence-electron chi connectivity index (χ4n) is 1.08. The number of hydrogen-bond donors (Lipinski definition) is 1. The van der Waals surface area contributed by atoms with Crippen molar-refractivity contribution in [3.63, 3.8) is 0 Å². The van der Waals surface area contributed by atoms with Crippen LogP contribution in [0.5, 0.6) is 0 Å². The molecule has 0 bridgehead atoms. The Morgan fingerprint density at radius 2 is 1.85 bits per heavy atom. The predicted octanol–water partition coefficient (Wildman–Crippen LogP) is 1.14. The number of carbonyl (C=O) groups is 1. The van der Waals surface area contributed by atoms with E-state index in [2.05, 4.69) is 0 Å². The molecular weight excluding hydrogens is 166 g/mol. The van der Waals surface area contributed by atoms with Crippen molar-refractivity contribution in [2.24, 2.45) is 0 Å². The molecule has 3 nitrogen and oxygen atoms in total. The Kier molecular flexibility index (Phi) is 5.55. The zero-order valence-electron chi connectivity index (χ0n) is 7.82. The third-order valence-electron chi connectivity index (χ3n) is 1.69. The van der Waals surface area contributed by atoms with Crippen LogP contribution in [0, 0.1) is 0 Å². The van der Waals surface area contributed by atoms with Gasteiger partial charge in [-0.3, -0.25) is 0 Å². The van der Waals surface area contributed by atoms with Crippen LogP contribution in [0.15, 0.2) is 30.3 Å². The van der Waals surface area contributed by atoms with Gasteiger partial charge in [-0.05, 0) is 24.8 Å². The average Bonchev–Trinajstić information content (AvgIpc) is 2.05. The number of aryl methyl sites for hydroxylation is 1. The van der Waals surface area contributed by atoms with E-state index in [-0.39, 0.29) is 12.6 Å². The van der Waals surface area contributed by atoms with Crippen LogP contribution >= 0.6 is 0 Å². The lowest BCUT2D eigenvalue weighted by Gasteiger charge is -2.01. The van der Waals surface area contributed by atoms with Gasteiger partial charge in [-0.15, -0.1) is 0 Å². The summed E-state index contributed by atoms with van der Waals surface area (Å²) in [7, 11) is 0. The minimum absolute atomic E-state index is 0. The molecule has 0 saturated heterocycles. The molecule has 0 radical (unpaired) electrons. The van der Waals surface area contributed by atoms with Crippen molar-refractivity contribution >= 4 is 5.97 Å². The zero-order valence-corrected chi connectivity index (χ0v) is 7.82. The highest BCUT2D eigenvalue weighted by Crippen LogP contribution is 2.03. The third kappa shape index (κ3) is 4.98. The van der Waals surface area contributed by atoms with Crippen molar-refractivity contribution in [2.45, 2.75) is 19.3 Å². The lowest BCUT2D eigenvalue weighted by Crippen LogP contribution is -2.21. The molecule has 1 rings (SSSR count). The largest absolute Gasteiger partial charge is 0.550 e. The number of carboxylic acid groups (broad SMARTS) is 1. The molecule has 0 heterocycles. The predicted molar refractivity (Wildman–Crippen MR) is 50.4 cm³/mol. The fraction of sp³-hybridized carbons (Fsp3) is 0.300. The van der Waals surface area contributed by atoms with Crippen LogP contribution in [-0.4, -0.2) is 5.97 Å². The standard InChI is InChI=1S/C10H12O2.H3N/c11-10(12)8-4-7-9-5-2-1-3-6-9;/h1-3,5-6H,4,7-8H2,(H,11,12);1H3. The highest BCUT2D eigenvalue weighted by molar-refractivity contribution is 5.64. The molecule has 0 unspecified atom stereocenters. The van der Waals surface area contributed by atoms with Gasteiger partial charge in [0.1, 0.15) is 0 Å². The first-order valence-electron chi connectivity index (χ1n) is 4.03. The SMILES string of the molecule is O=C([O-])CCCc1ccccc1.[NH4+]. The quantitative estimate of drug-likeness (QED) is 0.756. The summed E-state index contributed by atoms with van der Waals surface area (Å²) >= 11 is 0. The molecule has 0 aromatic heterocycles. The van der Waals surface area contributed by atoms with Crippen LogP contribution < -0.4 is 11.3 Å². The molecule has 0 aliphatic heterocycles. The zero-order chi connectivity index (χ0) is 8.81. The van der Waals surface area contributed by atoms with Crippen LogP contribution in [0.4, 0.5) is 0 Å². The Bertz CT molecular complexity index is 246. The van der Waals surface area contributed by atoms with Crippen LogP contribution in [-0.2, 0) is 11.2 Å². The summed E-state index contributed by atoms with van der Waals surface area (Å²) < 4.78 is 0. The van der Waals surface area contributed by atoms with E-state index in [0.717, 1.165) is 6.42 Å². The second-order valence-electron chi connectivity index (χ2n) is 2.71. The van der Waals surface area contributed by atoms with E-state index in [1.807, 2.05) is 30.3 Å². The van der Waals surface area contributed by atoms with E-state index in [1.54, 1.807) is 0 Å². The summed E-state index contributed by atoms with van der Waals surface area (Å²) in [5, 5.41) is 10.1. The van der Waals surface area contributed by atoms with E-state index in [9.17, 15) is 9.90 Å². The van der Waals surface area contributed by atoms with Crippen LogP contribution in [0.1, 0.15) is 18.4 Å². The highest BCUT2D eigenvalue weighted by Gasteiger charge is 1.91. The van der Waals surface area contributed by atoms with Gasteiger partial charge in [-0.1, -0.05) is 30.3 Å². The molecule has 3 heteroatoms. The van der Waals surface area contributed by atoms with Gasteiger partial charge in [0, 0.05) is 5.97 Å². The molecular formula is C10H15NO2. The molecule has 0 spiro atoms. The van der Waals surface area contributed by atoms with Crippen molar-refractivity contribution < 1.29 is 9.90 Å². The van der Waals surface area contributed by atoms with Crippen molar-refractivity contribution in [3.8, 4) is 0 Å². The van der Waals surface area contributed by atoms with Gasteiger partial charge in [0.25, 0.3) is 0 Å². The first-order chi connectivity index (χ1) is 5.79. The summed E-state index contributed by atoms with van der Waals surface area (Å²) in [6.45, 7) is 0. The highest BCUT2D eigenvalue weighted by atomic mass is 16.4. The summed E-state index contributed by atoms with van der Waals surface area (Å²) in [5.74, 6) is -0.967. The summed E-state index contributed by atoms with van der Waals surface area (Å²) in [6.07, 6.45) is 1.62. The van der Waals surface area contributed by atoms with E-state index in [4.69, 9.17) is 0 Å². The van der Waals surface area contributed by atoms with Gasteiger partial charge in [0.2, 0.25) is 0 Å². The topological polar surface area (TPSA) is 76.6 Å². The van der Waals surface area contributed by atoms with Gasteiger partial charge in [-0.25, -0.2) is 0 Å². The first kappa shape index (κ1) is 11.6. The van der Waals surface area contributed by atoms with Gasteiger partial charge in [0.15, 0.2) is 0 Å². The monoisotopic (exact) mass is 181 g/mol. The Morgan fingerprint density at radius 3 is 2.38 bits per heavy atom. The van der Waals surface area contributed by atoms with E-state index < -0.39 is 5.97 Å². The Labute approximate surface area is 78.0 Å². The Balaban J connectivity index is 0.00000144. The van der Waals surface area contributed by atoms with Crippen molar-refractivity contribution in [1.29, 1.82) is 0 Å². The van der Waals surface area contributed by atoms with E-state index in [0.29, 0.717) is 6.42 Å². The molecule has 1 aromatic carbocycles. The van der Waals surface area contributed by atoms with Gasteiger partial charge < -0.3 is 16.1 Å². The van der Waals surface area contributed by atoms with Crippen LogP contribution in [0.2, 0.25) is 0 Å². The molecule has 0 fully saturated rings. The smallest absolute Gasteiger partial charge is 0.0414 e. The van der Waals surface area contributed by atoms with E-state index >= 15 is 0 Å². The van der Waals surface area contributed by atoms with E-state index in [1.165, 1.54) is 5.56 Å². The second-order valence-corrected chi connectivity index (χ2v) is 2.71. The molecule has 13 heavy (non-hydrogen) atoms. The molecule has 0 saturated carbocycles. The second kappa shape index (κ2) is 6.20. The number of rotatable bonds is 4. The molecule has 4 N–H and O–H groups in total. The first-order valence-corrected chi connectivity index (χ1v) is 4.03. The lowest BCUT2D eigenvalue weighted by molar-refractivity contribution is -0.305. The van der Waals surface area contributed by atoms with Crippen LogP contribution in [0.25, 0.3) is 0 Å². The number of aliphatic carboxylic acids is 1. The molecule has 0 atom stereocenters. The minimum Gasteiger partial charge on any atom is -0.550 e. The molecule has 0 aliphatic rings. The maximum atomic E-state index is 10.1. The molecule has 0 amide bonds. The maximum Gasteiger partial charge on any atom is 0.0414 e. The van der Waals surface area contributed by atoms with Gasteiger partial charge >= 0.3 is 0 Å². The average molecular weight is 181 g/mol. The Hall–Kier alpha value is -1.35. The summed E-state index contributed by atoms with van der Waals surface area (Å²) in [5.41, 5.74) is 1.18. The Morgan fingerprint density at radius 1 is 1.23 bits per heavy atom. The van der Waals surface area contributed by atoms with Crippen molar-refractivity contribution in [3.05, 3.63) is 35.9 Å². The van der Waals surface area contributed by atoms with Gasteiger partial charge in [0.05, 0.1) is 0 Å². The van der Waals surface area contributed by atoms with Crippen molar-refractivity contribution in [2.75, 3.05) is 0 Å². The number of carbonyl (C=O) groups excluding carboxylic acids is 1. The summed E-state index contributed by atoms with van der Waals surface area (Å²) in [4.78, 5) is 10.1. The van der Waals surface area contributed by atoms with Crippen molar-refractivity contribution in [1.82, 2.24) is 6.15 Å². The molecule has 0 aliphatic carbocycles. The third-order valence-corrected chi connectivity index (χ3v) is 1.69. The molecule has 1 aromatic rings. The number of hydrogen-bond acceptors (Lipinski definition) is 2. The fourth-order valence-corrected chi connectivity index (χ4v) is 1.08. The molecule has 72 valence electrons. The number of quaternary nitrogens is 1. The lowest BCUT2D eigenvalue weighted by atomic mass is 10.1. The van der Waals surface area contributed by atoms with Crippen LogP contribution in [0.3, 0.4) is 0 Å². The number of benzene rings is 1. The number of carboxylic acids is 1. The summed E-state index contributed by atoms with van der Waals surface area (Å²) in [6, 6.07) is 9.84. The van der Waals surface area contributed by atoms with Gasteiger partial charge in [-0.2, -0.15) is 0 Å². The maximum absolute atomic E-state index is 10.1. The minimum atomic E-state index is -0.967.